The van der Waals surface area contributed by atoms with Crippen molar-refractivity contribution in [2.24, 2.45) is 17.6 Å². The van der Waals surface area contributed by atoms with E-state index in [1.807, 2.05) is 37.3 Å². The fraction of sp³-hybridized carbons (Fsp3) is 0.421. The summed E-state index contributed by atoms with van der Waals surface area (Å²) in [6.45, 7) is 4.71. The van der Waals surface area contributed by atoms with Crippen molar-refractivity contribution in [1.29, 1.82) is 0 Å². The summed E-state index contributed by atoms with van der Waals surface area (Å²) in [6.07, 6.45) is 0.207. The first-order valence-corrected chi connectivity index (χ1v) is 8.62. The summed E-state index contributed by atoms with van der Waals surface area (Å²) in [7, 11) is 0. The molecule has 0 bridgehead atoms. The number of likely N-dealkylation sites (tertiary alicyclic amines) is 1. The number of rotatable bonds is 6. The van der Waals surface area contributed by atoms with Crippen molar-refractivity contribution in [3.8, 4) is 5.75 Å². The number of para-hydroxylation sites is 1. The van der Waals surface area contributed by atoms with E-state index >= 15 is 0 Å². The Morgan fingerprint density at radius 3 is 2.62 bits per heavy atom. The van der Waals surface area contributed by atoms with Crippen LogP contribution in [0.4, 0.5) is 0 Å². The molecule has 1 aliphatic heterocycles. The van der Waals surface area contributed by atoms with E-state index in [9.17, 15) is 9.59 Å². The number of carbonyl (C=O) groups excluding carboxylic acids is 2. The molecular weight excluding hydrogens is 334 g/mol. The number of carbonyl (C=O) groups is 2. The molecule has 2 atom stereocenters. The van der Waals surface area contributed by atoms with Crippen LogP contribution in [0.2, 0.25) is 0 Å². The molecule has 7 nitrogen and oxygen atoms in total. The predicted octanol–water partition coefficient (Wildman–Crippen LogP) is 1.47. The molecule has 2 N–H and O–H groups in total. The Labute approximate surface area is 152 Å². The fourth-order valence-corrected chi connectivity index (χ4v) is 3.30. The summed E-state index contributed by atoms with van der Waals surface area (Å²) in [4.78, 5) is 26.2. The quantitative estimate of drug-likeness (QED) is 0.844. The van der Waals surface area contributed by atoms with Gasteiger partial charge in [0.2, 0.25) is 11.8 Å². The van der Waals surface area contributed by atoms with Crippen molar-refractivity contribution in [2.45, 2.75) is 20.3 Å². The zero-order valence-corrected chi connectivity index (χ0v) is 15.0. The Balaban J connectivity index is 1.64. The molecule has 1 aromatic heterocycles. The number of ether oxygens (including phenoxy) is 1. The minimum Gasteiger partial charge on any atom is -0.493 e. The lowest BCUT2D eigenvalue weighted by molar-refractivity contribution is -0.129. The Hall–Kier alpha value is -2.83. The SMILES string of the molecule is Cc1noc(C)c1CC(=O)N1CC(COc2ccccc2)C(C(N)=O)C1. The molecule has 0 spiro atoms. The van der Waals surface area contributed by atoms with Crippen LogP contribution < -0.4 is 10.5 Å². The van der Waals surface area contributed by atoms with Crippen LogP contribution in [-0.4, -0.2) is 41.6 Å². The highest BCUT2D eigenvalue weighted by Crippen LogP contribution is 2.26. The maximum atomic E-state index is 12.7. The number of primary amides is 1. The Morgan fingerprint density at radius 2 is 2.00 bits per heavy atom. The van der Waals surface area contributed by atoms with E-state index in [0.29, 0.717) is 31.2 Å². The third-order valence-electron chi connectivity index (χ3n) is 4.88. The van der Waals surface area contributed by atoms with E-state index in [4.69, 9.17) is 15.0 Å². The minimum atomic E-state index is -0.410. The number of hydrogen-bond donors (Lipinski definition) is 1. The van der Waals surface area contributed by atoms with Gasteiger partial charge < -0.3 is 19.9 Å². The summed E-state index contributed by atoms with van der Waals surface area (Å²) in [6, 6.07) is 9.39. The first-order chi connectivity index (χ1) is 12.5. The molecule has 7 heteroatoms. The number of amides is 2. The van der Waals surface area contributed by atoms with Crippen molar-refractivity contribution in [1.82, 2.24) is 10.1 Å². The second kappa shape index (κ2) is 7.59. The molecule has 0 radical (unpaired) electrons. The minimum absolute atomic E-state index is 0.0622. The van der Waals surface area contributed by atoms with Gasteiger partial charge in [0.1, 0.15) is 11.5 Å². The monoisotopic (exact) mass is 357 g/mol. The van der Waals surface area contributed by atoms with E-state index in [-0.39, 0.29) is 18.2 Å². The molecular formula is C19H23N3O4. The summed E-state index contributed by atoms with van der Waals surface area (Å²) in [5, 5.41) is 3.88. The van der Waals surface area contributed by atoms with Crippen LogP contribution in [0.15, 0.2) is 34.9 Å². The van der Waals surface area contributed by atoms with Crippen molar-refractivity contribution in [2.75, 3.05) is 19.7 Å². The molecule has 1 saturated heterocycles. The van der Waals surface area contributed by atoms with Gasteiger partial charge in [-0.2, -0.15) is 0 Å². The van der Waals surface area contributed by atoms with Gasteiger partial charge in [-0.25, -0.2) is 0 Å². The first-order valence-electron chi connectivity index (χ1n) is 8.62. The number of nitrogens with zero attached hydrogens (tertiary/aromatic N) is 2. The van der Waals surface area contributed by atoms with Crippen LogP contribution in [0, 0.1) is 25.7 Å². The van der Waals surface area contributed by atoms with Gasteiger partial charge in [0, 0.05) is 24.6 Å². The van der Waals surface area contributed by atoms with Crippen LogP contribution in [-0.2, 0) is 16.0 Å². The number of aryl methyl sites for hydroxylation is 2. The number of aromatic nitrogens is 1. The van der Waals surface area contributed by atoms with Gasteiger partial charge in [-0.15, -0.1) is 0 Å². The van der Waals surface area contributed by atoms with Crippen LogP contribution in [0.5, 0.6) is 5.75 Å². The van der Waals surface area contributed by atoms with E-state index in [1.54, 1.807) is 11.8 Å². The lowest BCUT2D eigenvalue weighted by Gasteiger charge is -2.17. The molecule has 1 aliphatic rings. The summed E-state index contributed by atoms with van der Waals surface area (Å²) in [5.41, 5.74) is 7.06. The Morgan fingerprint density at radius 1 is 1.27 bits per heavy atom. The van der Waals surface area contributed by atoms with Gasteiger partial charge in [0.05, 0.1) is 24.6 Å². The van der Waals surface area contributed by atoms with Crippen LogP contribution in [0.3, 0.4) is 0 Å². The fourth-order valence-electron chi connectivity index (χ4n) is 3.30. The maximum Gasteiger partial charge on any atom is 0.227 e. The third-order valence-corrected chi connectivity index (χ3v) is 4.88. The van der Waals surface area contributed by atoms with E-state index in [0.717, 1.165) is 11.3 Å². The highest BCUT2D eigenvalue weighted by atomic mass is 16.5. The van der Waals surface area contributed by atoms with Gasteiger partial charge in [0.15, 0.2) is 0 Å². The number of benzene rings is 1. The average molecular weight is 357 g/mol. The lowest BCUT2D eigenvalue weighted by Crippen LogP contribution is -2.33. The van der Waals surface area contributed by atoms with E-state index in [2.05, 4.69) is 5.16 Å². The zero-order chi connectivity index (χ0) is 18.7. The highest BCUT2D eigenvalue weighted by molar-refractivity contribution is 5.82. The van der Waals surface area contributed by atoms with Crippen LogP contribution >= 0.6 is 0 Å². The summed E-state index contributed by atoms with van der Waals surface area (Å²) in [5.74, 6) is 0.377. The van der Waals surface area contributed by atoms with Crippen LogP contribution in [0.1, 0.15) is 17.0 Å². The molecule has 0 aliphatic carbocycles. The lowest BCUT2D eigenvalue weighted by atomic mass is 9.96. The summed E-state index contributed by atoms with van der Waals surface area (Å²) >= 11 is 0. The van der Waals surface area contributed by atoms with Crippen molar-refractivity contribution in [3.05, 3.63) is 47.3 Å². The highest BCUT2D eigenvalue weighted by Gasteiger charge is 2.39. The second-order valence-corrected chi connectivity index (χ2v) is 6.67. The van der Waals surface area contributed by atoms with Gasteiger partial charge in [-0.05, 0) is 26.0 Å². The van der Waals surface area contributed by atoms with Gasteiger partial charge in [-0.1, -0.05) is 23.4 Å². The second-order valence-electron chi connectivity index (χ2n) is 6.67. The van der Waals surface area contributed by atoms with Gasteiger partial charge in [0.25, 0.3) is 0 Å². The molecule has 0 saturated carbocycles. The van der Waals surface area contributed by atoms with Crippen LogP contribution in [0.25, 0.3) is 0 Å². The first kappa shape index (κ1) is 18.0. The average Bonchev–Trinajstić information content (AvgIpc) is 3.20. The van der Waals surface area contributed by atoms with Crippen molar-refractivity contribution >= 4 is 11.8 Å². The smallest absolute Gasteiger partial charge is 0.227 e. The molecule has 2 unspecified atom stereocenters. The molecule has 2 aromatic rings. The van der Waals surface area contributed by atoms with Crippen molar-refractivity contribution in [3.63, 3.8) is 0 Å². The molecule has 1 aromatic carbocycles. The number of hydrogen-bond acceptors (Lipinski definition) is 5. The molecule has 1 fully saturated rings. The third kappa shape index (κ3) is 3.87. The predicted molar refractivity (Wildman–Crippen MR) is 94.4 cm³/mol. The number of nitrogens with two attached hydrogens (primary N) is 1. The molecule has 2 amide bonds. The molecule has 138 valence electrons. The van der Waals surface area contributed by atoms with E-state index < -0.39 is 11.8 Å². The summed E-state index contributed by atoms with van der Waals surface area (Å²) < 4.78 is 10.9. The van der Waals surface area contributed by atoms with Crippen molar-refractivity contribution < 1.29 is 18.8 Å². The Bertz CT molecular complexity index is 768. The standard InChI is InChI=1S/C19H23N3O4/c1-12-16(13(2)26-21-12)8-18(23)22-9-14(17(10-22)19(20)24)11-25-15-6-4-3-5-7-15/h3-7,14,17H,8-11H2,1-2H3,(H2,20,24). The maximum absolute atomic E-state index is 12.7. The zero-order valence-electron chi connectivity index (χ0n) is 15.0. The Kier molecular flexibility index (Phi) is 5.25. The topological polar surface area (TPSA) is 98.7 Å². The molecule has 2 heterocycles. The van der Waals surface area contributed by atoms with Gasteiger partial charge in [-0.3, -0.25) is 9.59 Å². The molecule has 3 rings (SSSR count). The van der Waals surface area contributed by atoms with Gasteiger partial charge >= 0.3 is 0 Å². The van der Waals surface area contributed by atoms with E-state index in [1.165, 1.54) is 0 Å². The largest absolute Gasteiger partial charge is 0.493 e. The normalized spacial score (nSPS) is 19.5. The molecule has 26 heavy (non-hydrogen) atoms.